The van der Waals surface area contributed by atoms with E-state index in [1.54, 1.807) is 12.4 Å². The monoisotopic (exact) mass is 220 g/mol. The van der Waals surface area contributed by atoms with E-state index in [2.05, 4.69) is 21.8 Å². The maximum absolute atomic E-state index is 5.68. The van der Waals surface area contributed by atoms with Crippen LogP contribution in [0.2, 0.25) is 0 Å². The van der Waals surface area contributed by atoms with Gasteiger partial charge in [0.25, 0.3) is 0 Å². The number of anilines is 1. The number of hydrogen-bond acceptors (Lipinski definition) is 4. The van der Waals surface area contributed by atoms with E-state index in [4.69, 9.17) is 5.73 Å². The summed E-state index contributed by atoms with van der Waals surface area (Å²) < 4.78 is 0. The van der Waals surface area contributed by atoms with Crippen molar-refractivity contribution in [3.8, 4) is 0 Å². The predicted molar refractivity (Wildman–Crippen MR) is 65.2 cm³/mol. The molecule has 0 amide bonds. The van der Waals surface area contributed by atoms with Crippen LogP contribution in [0.3, 0.4) is 0 Å². The van der Waals surface area contributed by atoms with Crippen molar-refractivity contribution >= 4 is 5.82 Å². The van der Waals surface area contributed by atoms with Gasteiger partial charge < -0.3 is 10.6 Å². The van der Waals surface area contributed by atoms with Crippen LogP contribution in [0.5, 0.6) is 0 Å². The zero-order valence-electron chi connectivity index (χ0n) is 9.89. The highest BCUT2D eigenvalue weighted by molar-refractivity contribution is 5.44. The standard InChI is InChI=1S/C12H20N4/c1-2-3-10-4-7-16(9-10)12-11(8-13)14-5-6-15-12/h5-6,10H,2-4,7-9,13H2,1H3. The van der Waals surface area contributed by atoms with Gasteiger partial charge in [0.2, 0.25) is 0 Å². The summed E-state index contributed by atoms with van der Waals surface area (Å²) in [7, 11) is 0. The fourth-order valence-electron chi connectivity index (χ4n) is 2.44. The fraction of sp³-hybridized carbons (Fsp3) is 0.667. The van der Waals surface area contributed by atoms with Gasteiger partial charge in [-0.2, -0.15) is 0 Å². The summed E-state index contributed by atoms with van der Waals surface area (Å²) in [5.41, 5.74) is 6.60. The maximum Gasteiger partial charge on any atom is 0.151 e. The second-order valence-corrected chi connectivity index (χ2v) is 4.42. The van der Waals surface area contributed by atoms with Crippen LogP contribution in [-0.2, 0) is 6.54 Å². The van der Waals surface area contributed by atoms with Gasteiger partial charge in [0.05, 0.1) is 5.69 Å². The van der Waals surface area contributed by atoms with Crippen molar-refractivity contribution in [2.24, 2.45) is 11.7 Å². The predicted octanol–water partition coefficient (Wildman–Crippen LogP) is 1.56. The van der Waals surface area contributed by atoms with Crippen LogP contribution in [0.25, 0.3) is 0 Å². The van der Waals surface area contributed by atoms with Gasteiger partial charge in [0, 0.05) is 32.0 Å². The van der Waals surface area contributed by atoms with Crippen LogP contribution < -0.4 is 10.6 Å². The second kappa shape index (κ2) is 5.25. The normalized spacial score (nSPS) is 20.4. The van der Waals surface area contributed by atoms with E-state index < -0.39 is 0 Å². The lowest BCUT2D eigenvalue weighted by Crippen LogP contribution is -2.23. The molecule has 1 saturated heterocycles. The Kier molecular flexibility index (Phi) is 3.72. The lowest BCUT2D eigenvalue weighted by atomic mass is 10.0. The third-order valence-corrected chi connectivity index (χ3v) is 3.23. The average molecular weight is 220 g/mol. The van der Waals surface area contributed by atoms with Gasteiger partial charge in [-0.15, -0.1) is 0 Å². The Morgan fingerprint density at radius 3 is 3.00 bits per heavy atom. The smallest absolute Gasteiger partial charge is 0.151 e. The molecule has 1 fully saturated rings. The molecule has 0 saturated carbocycles. The molecule has 0 aromatic carbocycles. The molecule has 2 heterocycles. The third kappa shape index (κ3) is 2.32. The Hall–Kier alpha value is -1.16. The first kappa shape index (κ1) is 11.3. The van der Waals surface area contributed by atoms with Crippen molar-refractivity contribution in [2.45, 2.75) is 32.7 Å². The van der Waals surface area contributed by atoms with E-state index in [0.717, 1.165) is 30.5 Å². The highest BCUT2D eigenvalue weighted by atomic mass is 15.2. The van der Waals surface area contributed by atoms with Crippen LogP contribution >= 0.6 is 0 Å². The van der Waals surface area contributed by atoms with Crippen LogP contribution in [0, 0.1) is 5.92 Å². The van der Waals surface area contributed by atoms with E-state index in [1.165, 1.54) is 19.3 Å². The molecule has 0 aliphatic carbocycles. The van der Waals surface area contributed by atoms with Crippen LogP contribution in [0.15, 0.2) is 12.4 Å². The molecule has 2 N–H and O–H groups in total. The minimum atomic E-state index is 0.470. The highest BCUT2D eigenvalue weighted by Crippen LogP contribution is 2.26. The average Bonchev–Trinajstić information content (AvgIpc) is 2.78. The van der Waals surface area contributed by atoms with E-state index in [0.29, 0.717) is 6.54 Å². The number of hydrogen-bond donors (Lipinski definition) is 1. The lowest BCUT2D eigenvalue weighted by Gasteiger charge is -2.19. The van der Waals surface area contributed by atoms with Gasteiger partial charge in [0.1, 0.15) is 0 Å². The Morgan fingerprint density at radius 2 is 2.25 bits per heavy atom. The van der Waals surface area contributed by atoms with Gasteiger partial charge in [-0.1, -0.05) is 13.3 Å². The molecular formula is C12H20N4. The number of aromatic nitrogens is 2. The van der Waals surface area contributed by atoms with Crippen molar-refractivity contribution in [1.29, 1.82) is 0 Å². The maximum atomic E-state index is 5.68. The summed E-state index contributed by atoms with van der Waals surface area (Å²) in [6, 6.07) is 0. The minimum absolute atomic E-state index is 0.470. The SMILES string of the molecule is CCCC1CCN(c2nccnc2CN)C1. The first-order chi connectivity index (χ1) is 7.85. The molecule has 1 aliphatic heterocycles. The molecule has 16 heavy (non-hydrogen) atoms. The van der Waals surface area contributed by atoms with Gasteiger partial charge in [-0.05, 0) is 18.8 Å². The summed E-state index contributed by atoms with van der Waals surface area (Å²) >= 11 is 0. The minimum Gasteiger partial charge on any atom is -0.355 e. The van der Waals surface area contributed by atoms with Gasteiger partial charge in [0.15, 0.2) is 5.82 Å². The zero-order valence-corrected chi connectivity index (χ0v) is 9.89. The Labute approximate surface area is 96.9 Å². The summed E-state index contributed by atoms with van der Waals surface area (Å²) in [5, 5.41) is 0. The van der Waals surface area contributed by atoms with Crippen molar-refractivity contribution in [3.63, 3.8) is 0 Å². The number of nitrogens with two attached hydrogens (primary N) is 1. The molecule has 4 heteroatoms. The van der Waals surface area contributed by atoms with E-state index in [9.17, 15) is 0 Å². The van der Waals surface area contributed by atoms with Crippen LogP contribution in [0.4, 0.5) is 5.82 Å². The molecule has 1 aromatic heterocycles. The highest BCUT2D eigenvalue weighted by Gasteiger charge is 2.24. The van der Waals surface area contributed by atoms with E-state index >= 15 is 0 Å². The van der Waals surface area contributed by atoms with Gasteiger partial charge >= 0.3 is 0 Å². The molecule has 1 aromatic rings. The molecule has 0 spiro atoms. The van der Waals surface area contributed by atoms with Crippen molar-refractivity contribution in [3.05, 3.63) is 18.1 Å². The van der Waals surface area contributed by atoms with E-state index in [1.807, 2.05) is 0 Å². The first-order valence-corrected chi connectivity index (χ1v) is 6.10. The number of nitrogens with zero attached hydrogens (tertiary/aromatic N) is 3. The Bertz CT molecular complexity index is 340. The molecule has 1 unspecified atom stereocenters. The molecule has 2 rings (SSSR count). The summed E-state index contributed by atoms with van der Waals surface area (Å²) in [4.78, 5) is 11.0. The summed E-state index contributed by atoms with van der Waals surface area (Å²) in [6.07, 6.45) is 7.32. The second-order valence-electron chi connectivity index (χ2n) is 4.42. The molecule has 4 nitrogen and oxygen atoms in total. The molecule has 1 aliphatic rings. The zero-order chi connectivity index (χ0) is 11.4. The van der Waals surface area contributed by atoms with Gasteiger partial charge in [-0.3, -0.25) is 4.98 Å². The molecular weight excluding hydrogens is 200 g/mol. The Morgan fingerprint density at radius 1 is 1.44 bits per heavy atom. The lowest BCUT2D eigenvalue weighted by molar-refractivity contribution is 0.529. The summed E-state index contributed by atoms with van der Waals surface area (Å²) in [6.45, 7) is 4.92. The quantitative estimate of drug-likeness (QED) is 0.836. The van der Waals surface area contributed by atoms with Crippen LogP contribution in [0.1, 0.15) is 31.9 Å². The largest absolute Gasteiger partial charge is 0.355 e. The topological polar surface area (TPSA) is 55.0 Å². The fourth-order valence-corrected chi connectivity index (χ4v) is 2.44. The number of rotatable bonds is 4. The molecule has 1 atom stereocenters. The first-order valence-electron chi connectivity index (χ1n) is 6.10. The molecule has 0 bridgehead atoms. The molecule has 88 valence electrons. The van der Waals surface area contributed by atoms with Crippen LogP contribution in [-0.4, -0.2) is 23.1 Å². The van der Waals surface area contributed by atoms with Crippen molar-refractivity contribution in [2.75, 3.05) is 18.0 Å². The summed E-state index contributed by atoms with van der Waals surface area (Å²) in [5.74, 6) is 1.81. The van der Waals surface area contributed by atoms with Crippen molar-refractivity contribution in [1.82, 2.24) is 9.97 Å². The van der Waals surface area contributed by atoms with E-state index in [-0.39, 0.29) is 0 Å². The molecule has 0 radical (unpaired) electrons. The van der Waals surface area contributed by atoms with Crippen molar-refractivity contribution < 1.29 is 0 Å². The van der Waals surface area contributed by atoms with Gasteiger partial charge in [-0.25, -0.2) is 4.98 Å². The third-order valence-electron chi connectivity index (χ3n) is 3.23. The Balaban J connectivity index is 2.08.